The van der Waals surface area contributed by atoms with Gasteiger partial charge in [-0.1, -0.05) is 58.4 Å². The van der Waals surface area contributed by atoms with Gasteiger partial charge >= 0.3 is 5.97 Å². The number of hydrogen-bond donors (Lipinski definition) is 2. The maximum absolute atomic E-state index is 10.8. The first kappa shape index (κ1) is 17.9. The standard InChI is InChI=1S/C19H16BrN3O3/c20-15-8-6-13(7-9-15)11-21-19-22-16(14-4-2-1-3-5-14)10-17(23-19)26-12-18(24)25/h1-10H,11-12H2,(H,24,25)(H,21,22,23). The van der Waals surface area contributed by atoms with Gasteiger partial charge in [-0.2, -0.15) is 4.98 Å². The molecule has 0 saturated heterocycles. The molecule has 0 spiro atoms. The molecule has 0 atom stereocenters. The summed E-state index contributed by atoms with van der Waals surface area (Å²) in [6.07, 6.45) is 0. The van der Waals surface area contributed by atoms with Crippen molar-refractivity contribution in [2.24, 2.45) is 0 Å². The molecule has 132 valence electrons. The van der Waals surface area contributed by atoms with E-state index in [1.54, 1.807) is 6.07 Å². The van der Waals surface area contributed by atoms with Crippen molar-refractivity contribution in [1.82, 2.24) is 9.97 Å². The third kappa shape index (κ3) is 5.03. The number of carboxylic acid groups (broad SMARTS) is 1. The van der Waals surface area contributed by atoms with Crippen LogP contribution in [0.4, 0.5) is 5.95 Å². The number of hydrogen-bond acceptors (Lipinski definition) is 5. The van der Waals surface area contributed by atoms with Crippen LogP contribution in [-0.4, -0.2) is 27.7 Å². The van der Waals surface area contributed by atoms with Gasteiger partial charge in [-0.05, 0) is 17.7 Å². The molecule has 0 unspecified atom stereocenters. The average molecular weight is 414 g/mol. The summed E-state index contributed by atoms with van der Waals surface area (Å²) in [5, 5.41) is 12.0. The molecule has 2 aromatic carbocycles. The van der Waals surface area contributed by atoms with Gasteiger partial charge in [-0.3, -0.25) is 0 Å². The van der Waals surface area contributed by atoms with Gasteiger partial charge in [-0.15, -0.1) is 0 Å². The predicted octanol–water partition coefficient (Wildman–Crippen LogP) is 3.98. The van der Waals surface area contributed by atoms with Crippen LogP contribution in [0, 0.1) is 0 Å². The fourth-order valence-corrected chi connectivity index (χ4v) is 2.52. The molecule has 0 saturated carbocycles. The van der Waals surface area contributed by atoms with E-state index in [4.69, 9.17) is 9.84 Å². The third-order valence-corrected chi connectivity index (χ3v) is 4.01. The van der Waals surface area contributed by atoms with Crippen LogP contribution in [0.5, 0.6) is 5.88 Å². The van der Waals surface area contributed by atoms with Gasteiger partial charge in [-0.25, -0.2) is 9.78 Å². The highest BCUT2D eigenvalue weighted by atomic mass is 79.9. The molecule has 7 heteroatoms. The smallest absolute Gasteiger partial charge is 0.341 e. The topological polar surface area (TPSA) is 84.3 Å². The van der Waals surface area contributed by atoms with Gasteiger partial charge in [0, 0.05) is 22.6 Å². The summed E-state index contributed by atoms with van der Waals surface area (Å²) in [5.41, 5.74) is 2.61. The number of carbonyl (C=O) groups is 1. The fourth-order valence-electron chi connectivity index (χ4n) is 2.25. The summed E-state index contributed by atoms with van der Waals surface area (Å²) in [6, 6.07) is 19.1. The quantitative estimate of drug-likeness (QED) is 0.609. The van der Waals surface area contributed by atoms with Gasteiger partial charge in [0.2, 0.25) is 11.8 Å². The Balaban J connectivity index is 1.83. The predicted molar refractivity (Wildman–Crippen MR) is 102 cm³/mol. The van der Waals surface area contributed by atoms with E-state index >= 15 is 0 Å². The van der Waals surface area contributed by atoms with Crippen LogP contribution in [-0.2, 0) is 11.3 Å². The van der Waals surface area contributed by atoms with Crippen LogP contribution in [0.25, 0.3) is 11.3 Å². The highest BCUT2D eigenvalue weighted by Gasteiger charge is 2.09. The molecule has 3 rings (SSSR count). The van der Waals surface area contributed by atoms with Gasteiger partial charge in [0.05, 0.1) is 5.69 Å². The molecule has 6 nitrogen and oxygen atoms in total. The van der Waals surface area contributed by atoms with Gasteiger partial charge in [0.1, 0.15) is 0 Å². The molecule has 0 bridgehead atoms. The molecule has 1 heterocycles. The second kappa shape index (κ2) is 8.44. The first-order valence-corrected chi connectivity index (χ1v) is 8.67. The van der Waals surface area contributed by atoms with E-state index in [9.17, 15) is 4.79 Å². The molecule has 0 radical (unpaired) electrons. The number of aromatic nitrogens is 2. The van der Waals surface area contributed by atoms with Crippen molar-refractivity contribution in [2.45, 2.75) is 6.54 Å². The van der Waals surface area contributed by atoms with Crippen LogP contribution in [0.15, 0.2) is 65.1 Å². The minimum atomic E-state index is -1.06. The van der Waals surface area contributed by atoms with Crippen molar-refractivity contribution >= 4 is 27.8 Å². The summed E-state index contributed by atoms with van der Waals surface area (Å²) in [6.45, 7) is 0.0707. The first-order chi connectivity index (χ1) is 12.6. The second-order valence-corrected chi connectivity index (χ2v) is 6.36. The molecule has 0 fully saturated rings. The number of aliphatic carboxylic acids is 1. The minimum Gasteiger partial charge on any atom is -0.479 e. The van der Waals surface area contributed by atoms with Crippen LogP contribution >= 0.6 is 15.9 Å². The van der Waals surface area contributed by atoms with Gasteiger partial charge in [0.25, 0.3) is 0 Å². The van der Waals surface area contributed by atoms with Crippen molar-refractivity contribution in [3.63, 3.8) is 0 Å². The zero-order valence-electron chi connectivity index (χ0n) is 13.7. The molecular weight excluding hydrogens is 398 g/mol. The van der Waals surface area contributed by atoms with Gasteiger partial charge < -0.3 is 15.2 Å². The second-order valence-electron chi connectivity index (χ2n) is 5.44. The Hall–Kier alpha value is -2.93. The molecule has 0 amide bonds. The largest absolute Gasteiger partial charge is 0.479 e. The van der Waals surface area contributed by atoms with Crippen molar-refractivity contribution in [1.29, 1.82) is 0 Å². The van der Waals surface area contributed by atoms with Crippen LogP contribution in [0.2, 0.25) is 0 Å². The molecule has 0 aliphatic carbocycles. The number of anilines is 1. The Labute approximate surface area is 159 Å². The number of ether oxygens (including phenoxy) is 1. The Bertz CT molecular complexity index is 886. The summed E-state index contributed by atoms with van der Waals surface area (Å²) in [5.74, 6) is -0.483. The van der Waals surface area contributed by atoms with Crippen molar-refractivity contribution in [3.05, 3.63) is 70.7 Å². The number of rotatable bonds is 7. The minimum absolute atomic E-state index is 0.208. The molecule has 2 N–H and O–H groups in total. The number of benzene rings is 2. The molecule has 0 aliphatic rings. The number of nitrogens with zero attached hydrogens (tertiary/aromatic N) is 2. The molecule has 1 aromatic heterocycles. The monoisotopic (exact) mass is 413 g/mol. The summed E-state index contributed by atoms with van der Waals surface area (Å²) in [7, 11) is 0. The van der Waals surface area contributed by atoms with E-state index in [0.717, 1.165) is 15.6 Å². The maximum Gasteiger partial charge on any atom is 0.341 e. The summed E-state index contributed by atoms with van der Waals surface area (Å²) >= 11 is 3.41. The number of nitrogens with one attached hydrogen (secondary N) is 1. The Morgan fingerprint density at radius 2 is 1.81 bits per heavy atom. The molecule has 3 aromatic rings. The highest BCUT2D eigenvalue weighted by molar-refractivity contribution is 9.10. The zero-order chi connectivity index (χ0) is 18.4. The number of carboxylic acids is 1. The first-order valence-electron chi connectivity index (χ1n) is 7.87. The lowest BCUT2D eigenvalue weighted by Crippen LogP contribution is -2.12. The van der Waals surface area contributed by atoms with E-state index in [1.165, 1.54) is 0 Å². The average Bonchev–Trinajstić information content (AvgIpc) is 2.66. The van der Waals surface area contributed by atoms with Crippen molar-refractivity contribution in [2.75, 3.05) is 11.9 Å². The normalized spacial score (nSPS) is 10.3. The Kier molecular flexibility index (Phi) is 5.80. The third-order valence-electron chi connectivity index (χ3n) is 3.48. The maximum atomic E-state index is 10.8. The van der Waals surface area contributed by atoms with Crippen LogP contribution in [0.3, 0.4) is 0 Å². The molecular formula is C19H16BrN3O3. The van der Waals surface area contributed by atoms with E-state index in [0.29, 0.717) is 18.2 Å². The summed E-state index contributed by atoms with van der Waals surface area (Å²) in [4.78, 5) is 19.5. The zero-order valence-corrected chi connectivity index (χ0v) is 15.3. The van der Waals surface area contributed by atoms with Gasteiger partial charge in [0.15, 0.2) is 6.61 Å². The fraction of sp³-hybridized carbons (Fsp3) is 0.105. The van der Waals surface area contributed by atoms with Crippen LogP contribution < -0.4 is 10.1 Å². The van der Waals surface area contributed by atoms with E-state index < -0.39 is 12.6 Å². The van der Waals surface area contributed by atoms with Crippen molar-refractivity contribution < 1.29 is 14.6 Å². The lowest BCUT2D eigenvalue weighted by atomic mass is 10.1. The van der Waals surface area contributed by atoms with E-state index in [1.807, 2.05) is 54.6 Å². The van der Waals surface area contributed by atoms with Crippen molar-refractivity contribution in [3.8, 4) is 17.1 Å². The lowest BCUT2D eigenvalue weighted by molar-refractivity contribution is -0.139. The Morgan fingerprint density at radius 3 is 2.50 bits per heavy atom. The van der Waals surface area contributed by atoms with E-state index in [-0.39, 0.29) is 5.88 Å². The lowest BCUT2D eigenvalue weighted by Gasteiger charge is -2.10. The highest BCUT2D eigenvalue weighted by Crippen LogP contribution is 2.23. The molecule has 0 aliphatic heterocycles. The van der Waals surface area contributed by atoms with E-state index in [2.05, 4.69) is 31.2 Å². The van der Waals surface area contributed by atoms with Crippen LogP contribution in [0.1, 0.15) is 5.56 Å². The Morgan fingerprint density at radius 1 is 1.08 bits per heavy atom. The number of halogens is 1. The summed E-state index contributed by atoms with van der Waals surface area (Å²) < 4.78 is 6.25. The molecule has 26 heavy (non-hydrogen) atoms. The SMILES string of the molecule is O=C(O)COc1cc(-c2ccccc2)nc(NCc2ccc(Br)cc2)n1.